The summed E-state index contributed by atoms with van der Waals surface area (Å²) in [6.45, 7) is 9.73. The number of nitrogens with one attached hydrogen (secondary N) is 1. The molecule has 2 aromatic heterocycles. The van der Waals surface area contributed by atoms with Crippen LogP contribution in [-0.4, -0.2) is 115 Å². The molecule has 354 valence electrons. The molecular weight excluding hydrogens is 893 g/mol. The van der Waals surface area contributed by atoms with Crippen molar-refractivity contribution in [2.24, 2.45) is 7.05 Å². The monoisotopic (exact) mass is 945 g/mol. The number of aromatic carboxylic acids is 1. The van der Waals surface area contributed by atoms with E-state index >= 15 is 0 Å². The molecule has 3 aliphatic rings. The standard InChI is InChI=1S/C51H53ClFN7O8/c1-28-24-57(44(62)27-68-42-13-7-10-37-38(42)26-60(50(37)64)40-18-19-43(61)54-49(40)63)25-29(2)58(28)20-21-59-47-36(16-17-39(52)46(47)45-30(3)55-56(5)31(45)4)35(48(59)51(65)66)11-8-22-67-41-12-6-9-32-23-33(53)14-15-34(32)41/h6-7,9-10,12-17,23,28-29,40H,8,11,18-22,24-27H2,1-5H3,(H,65,66)(H,54,61,63). The fraction of sp³-hybridized carbons (Fsp3) is 0.373. The lowest BCUT2D eigenvalue weighted by Gasteiger charge is -2.44. The van der Waals surface area contributed by atoms with Gasteiger partial charge in [-0.05, 0) is 100 Å². The summed E-state index contributed by atoms with van der Waals surface area (Å²) in [6, 6.07) is 17.8. The Bertz CT molecular complexity index is 3030. The first-order valence-corrected chi connectivity index (χ1v) is 23.3. The van der Waals surface area contributed by atoms with Gasteiger partial charge in [0.2, 0.25) is 11.8 Å². The summed E-state index contributed by atoms with van der Waals surface area (Å²) in [6.07, 6.45) is 1.28. The fourth-order valence-electron chi connectivity index (χ4n) is 10.5. The van der Waals surface area contributed by atoms with Gasteiger partial charge in [0.25, 0.3) is 11.8 Å². The zero-order chi connectivity index (χ0) is 48.1. The molecule has 0 bridgehead atoms. The van der Waals surface area contributed by atoms with Crippen molar-refractivity contribution in [3.8, 4) is 22.6 Å². The number of ether oxygens (including phenoxy) is 2. The lowest BCUT2D eigenvalue weighted by molar-refractivity contribution is -0.138. The van der Waals surface area contributed by atoms with E-state index in [1.807, 2.05) is 69.6 Å². The van der Waals surface area contributed by atoms with E-state index in [1.165, 1.54) is 17.0 Å². The highest BCUT2D eigenvalue weighted by Crippen LogP contribution is 2.42. The zero-order valence-electron chi connectivity index (χ0n) is 38.6. The number of amides is 4. The molecule has 2 fully saturated rings. The molecule has 9 rings (SSSR count). The number of carboxylic acid groups (broad SMARTS) is 1. The van der Waals surface area contributed by atoms with Gasteiger partial charge >= 0.3 is 5.97 Å². The van der Waals surface area contributed by atoms with Gasteiger partial charge in [0, 0.05) is 90.5 Å². The van der Waals surface area contributed by atoms with Gasteiger partial charge in [-0.15, -0.1) is 0 Å². The van der Waals surface area contributed by atoms with Crippen molar-refractivity contribution in [3.63, 3.8) is 0 Å². The number of aryl methyl sites for hydroxylation is 3. The summed E-state index contributed by atoms with van der Waals surface area (Å²) in [7, 11) is 1.87. The van der Waals surface area contributed by atoms with Crippen molar-refractivity contribution in [2.75, 3.05) is 32.8 Å². The maximum atomic E-state index is 14.0. The van der Waals surface area contributed by atoms with Crippen LogP contribution in [0.4, 0.5) is 4.39 Å². The number of rotatable bonds is 14. The number of piperidine rings is 1. The first kappa shape index (κ1) is 46.3. The molecule has 2 saturated heterocycles. The van der Waals surface area contributed by atoms with Gasteiger partial charge in [0.05, 0.1) is 29.4 Å². The summed E-state index contributed by atoms with van der Waals surface area (Å²) < 4.78 is 30.0. The van der Waals surface area contributed by atoms with Gasteiger partial charge in [0.15, 0.2) is 6.61 Å². The first-order chi connectivity index (χ1) is 32.6. The number of halogens is 2. The van der Waals surface area contributed by atoms with Crippen molar-refractivity contribution < 1.29 is 42.9 Å². The molecule has 17 heteroatoms. The Morgan fingerprint density at radius 3 is 2.38 bits per heavy atom. The van der Waals surface area contributed by atoms with Crippen molar-refractivity contribution in [1.82, 2.24) is 34.4 Å². The van der Waals surface area contributed by atoms with Crippen LogP contribution >= 0.6 is 11.6 Å². The molecule has 3 atom stereocenters. The van der Waals surface area contributed by atoms with E-state index < -0.39 is 17.9 Å². The maximum absolute atomic E-state index is 14.0. The van der Waals surface area contributed by atoms with E-state index in [2.05, 4.69) is 15.3 Å². The van der Waals surface area contributed by atoms with Crippen LogP contribution in [0, 0.1) is 19.7 Å². The van der Waals surface area contributed by atoms with Crippen molar-refractivity contribution in [2.45, 2.75) is 84.6 Å². The average molecular weight is 946 g/mol. The van der Waals surface area contributed by atoms with Crippen LogP contribution in [0.1, 0.15) is 76.5 Å². The smallest absolute Gasteiger partial charge is 0.352 e. The largest absolute Gasteiger partial charge is 0.493 e. The SMILES string of the molecule is Cc1nn(C)c(C)c1-c1c(Cl)ccc2c(CCCOc3cccc4cc(F)ccc34)c(C(=O)O)n(CCN3C(C)CN(C(=O)COc4cccc5c4CN(C4CCC(=O)NC4=O)C5=O)CC3C)c12. The number of hydrogen-bond donors (Lipinski definition) is 2. The van der Waals surface area contributed by atoms with Gasteiger partial charge in [-0.1, -0.05) is 35.9 Å². The molecule has 3 unspecified atom stereocenters. The number of carbonyl (C=O) groups excluding carboxylic acids is 4. The number of nitrogens with zero attached hydrogens (tertiary/aromatic N) is 6. The van der Waals surface area contributed by atoms with Gasteiger partial charge in [0.1, 0.15) is 29.1 Å². The van der Waals surface area contributed by atoms with E-state index in [0.717, 1.165) is 33.1 Å². The Morgan fingerprint density at radius 2 is 1.66 bits per heavy atom. The normalized spacial score (nSPS) is 18.7. The second-order valence-corrected chi connectivity index (χ2v) is 18.5. The quantitative estimate of drug-likeness (QED) is 0.0851. The lowest BCUT2D eigenvalue weighted by Crippen LogP contribution is -2.59. The van der Waals surface area contributed by atoms with E-state index in [-0.39, 0.29) is 67.3 Å². The van der Waals surface area contributed by atoms with Crippen LogP contribution < -0.4 is 14.8 Å². The van der Waals surface area contributed by atoms with Gasteiger partial charge in [-0.3, -0.25) is 34.1 Å². The summed E-state index contributed by atoms with van der Waals surface area (Å²) in [5, 5.41) is 20.8. The van der Waals surface area contributed by atoms with Crippen LogP contribution in [0.25, 0.3) is 32.8 Å². The maximum Gasteiger partial charge on any atom is 0.352 e. The number of fused-ring (bicyclic) bond motifs is 3. The van der Waals surface area contributed by atoms with Crippen LogP contribution in [0.2, 0.25) is 5.02 Å². The van der Waals surface area contributed by atoms with Crippen LogP contribution in [-0.2, 0) is 40.9 Å². The number of benzene rings is 4. The molecule has 68 heavy (non-hydrogen) atoms. The molecule has 2 N–H and O–H groups in total. The number of hydrogen-bond acceptors (Lipinski definition) is 9. The number of piperazine rings is 1. The summed E-state index contributed by atoms with van der Waals surface area (Å²) in [4.78, 5) is 70.5. The lowest BCUT2D eigenvalue weighted by atomic mass is 9.98. The number of imide groups is 1. The van der Waals surface area contributed by atoms with Gasteiger partial charge in [-0.2, -0.15) is 5.10 Å². The van der Waals surface area contributed by atoms with Gasteiger partial charge in [-0.25, -0.2) is 9.18 Å². The molecule has 0 spiro atoms. The topological polar surface area (TPSA) is 169 Å². The Kier molecular flexibility index (Phi) is 12.8. The third kappa shape index (κ3) is 8.55. The average Bonchev–Trinajstić information content (AvgIpc) is 3.90. The second-order valence-electron chi connectivity index (χ2n) is 18.1. The summed E-state index contributed by atoms with van der Waals surface area (Å²) >= 11 is 7.10. The molecule has 6 aromatic rings. The minimum absolute atomic E-state index is 0.105. The van der Waals surface area contributed by atoms with Crippen LogP contribution in [0.3, 0.4) is 0 Å². The number of carboxylic acids is 1. The molecule has 0 aliphatic carbocycles. The molecule has 15 nitrogen and oxygen atoms in total. The van der Waals surface area contributed by atoms with Crippen molar-refractivity contribution in [3.05, 3.63) is 111 Å². The Morgan fingerprint density at radius 1 is 0.926 bits per heavy atom. The Hall–Kier alpha value is -6.78. The number of aromatic nitrogens is 3. The molecule has 4 amide bonds. The van der Waals surface area contributed by atoms with E-state index in [4.69, 9.17) is 21.1 Å². The summed E-state index contributed by atoms with van der Waals surface area (Å²) in [5.41, 5.74) is 5.75. The molecule has 0 saturated carbocycles. The third-order valence-electron chi connectivity index (χ3n) is 13.8. The second kappa shape index (κ2) is 18.7. The molecule has 3 aliphatic heterocycles. The fourth-order valence-corrected chi connectivity index (χ4v) is 10.8. The van der Waals surface area contributed by atoms with Crippen LogP contribution in [0.5, 0.6) is 11.5 Å². The molecule has 5 heterocycles. The van der Waals surface area contributed by atoms with Crippen molar-refractivity contribution >= 4 is 62.9 Å². The van der Waals surface area contributed by atoms with Gasteiger partial charge < -0.3 is 28.9 Å². The minimum Gasteiger partial charge on any atom is -0.493 e. The first-order valence-electron chi connectivity index (χ1n) is 22.9. The highest BCUT2D eigenvalue weighted by Gasteiger charge is 2.41. The highest BCUT2D eigenvalue weighted by atomic mass is 35.5. The van der Waals surface area contributed by atoms with E-state index in [9.17, 15) is 33.5 Å². The predicted molar refractivity (Wildman–Crippen MR) is 253 cm³/mol. The highest BCUT2D eigenvalue weighted by molar-refractivity contribution is 6.35. The van der Waals surface area contributed by atoms with Crippen molar-refractivity contribution in [1.29, 1.82) is 0 Å². The van der Waals surface area contributed by atoms with E-state index in [0.29, 0.717) is 89.9 Å². The minimum atomic E-state index is -1.07. The van der Waals surface area contributed by atoms with E-state index in [1.54, 1.807) is 33.8 Å². The molecule has 0 radical (unpaired) electrons. The zero-order valence-corrected chi connectivity index (χ0v) is 39.4. The Balaban J connectivity index is 0.927. The summed E-state index contributed by atoms with van der Waals surface area (Å²) in [5.74, 6) is -1.80. The predicted octanol–water partition coefficient (Wildman–Crippen LogP) is 7.08. The number of carbonyl (C=O) groups is 5. The third-order valence-corrected chi connectivity index (χ3v) is 14.1. The van der Waals surface area contributed by atoms with Crippen LogP contribution in [0.15, 0.2) is 66.7 Å². The molecule has 4 aromatic carbocycles. The Labute approximate surface area is 397 Å². The molecular formula is C51H53ClFN7O8.